The lowest BCUT2D eigenvalue weighted by Gasteiger charge is -2.30. The summed E-state index contributed by atoms with van der Waals surface area (Å²) in [6.45, 7) is 7.08. The zero-order valence-electron chi connectivity index (χ0n) is 12.1. The van der Waals surface area contributed by atoms with Crippen molar-refractivity contribution in [2.75, 3.05) is 11.4 Å². The van der Waals surface area contributed by atoms with Gasteiger partial charge < -0.3 is 9.64 Å². The van der Waals surface area contributed by atoms with Gasteiger partial charge in [-0.25, -0.2) is 0 Å². The van der Waals surface area contributed by atoms with Gasteiger partial charge in [0, 0.05) is 17.3 Å². The van der Waals surface area contributed by atoms with E-state index in [9.17, 15) is 0 Å². The molecule has 0 aliphatic heterocycles. The summed E-state index contributed by atoms with van der Waals surface area (Å²) in [5.41, 5.74) is 2.24. The second-order valence-corrected chi connectivity index (χ2v) is 5.18. The van der Waals surface area contributed by atoms with Gasteiger partial charge in [-0.05, 0) is 50.6 Å². The van der Waals surface area contributed by atoms with E-state index >= 15 is 0 Å². The van der Waals surface area contributed by atoms with E-state index in [2.05, 4.69) is 30.9 Å². The smallest absolute Gasteiger partial charge is 0.169 e. The fourth-order valence-corrected chi connectivity index (χ4v) is 2.38. The molecule has 0 fully saturated rings. The van der Waals surface area contributed by atoms with Crippen LogP contribution in [0.15, 0.2) is 48.5 Å². The van der Waals surface area contributed by atoms with E-state index in [4.69, 9.17) is 16.3 Å². The molecule has 20 heavy (non-hydrogen) atoms. The summed E-state index contributed by atoms with van der Waals surface area (Å²) in [4.78, 5) is 2.21. The van der Waals surface area contributed by atoms with Crippen LogP contribution in [0, 0.1) is 6.92 Å². The summed E-state index contributed by atoms with van der Waals surface area (Å²) in [5, 5.41) is 0.695. The molecule has 0 radical (unpaired) electrons. The van der Waals surface area contributed by atoms with Crippen LogP contribution in [0.3, 0.4) is 0 Å². The van der Waals surface area contributed by atoms with Crippen molar-refractivity contribution in [1.82, 2.24) is 0 Å². The summed E-state index contributed by atoms with van der Waals surface area (Å²) in [5.74, 6) is 0.833. The normalized spacial score (nSPS) is 12.0. The van der Waals surface area contributed by atoms with Crippen molar-refractivity contribution in [3.8, 4) is 5.75 Å². The van der Waals surface area contributed by atoms with Gasteiger partial charge in [0.2, 0.25) is 0 Å². The molecular weight excluding hydrogens is 270 g/mol. The highest BCUT2D eigenvalue weighted by Gasteiger charge is 2.15. The fraction of sp³-hybridized carbons (Fsp3) is 0.294. The zero-order valence-corrected chi connectivity index (χ0v) is 12.9. The molecule has 2 nitrogen and oxygen atoms in total. The number of benzene rings is 2. The van der Waals surface area contributed by atoms with Crippen LogP contribution < -0.4 is 9.64 Å². The van der Waals surface area contributed by atoms with Crippen LogP contribution in [0.1, 0.15) is 19.4 Å². The zero-order chi connectivity index (χ0) is 14.5. The van der Waals surface area contributed by atoms with E-state index in [1.54, 1.807) is 0 Å². The Morgan fingerprint density at radius 1 is 1.15 bits per heavy atom. The molecule has 0 aliphatic carbocycles. The highest BCUT2D eigenvalue weighted by Crippen LogP contribution is 2.25. The number of para-hydroxylation sites is 1. The van der Waals surface area contributed by atoms with Gasteiger partial charge in [0.15, 0.2) is 6.23 Å². The molecule has 0 N–H and O–H groups in total. The van der Waals surface area contributed by atoms with Crippen molar-refractivity contribution >= 4 is 17.3 Å². The first-order valence-electron chi connectivity index (χ1n) is 6.86. The number of hydrogen-bond acceptors (Lipinski definition) is 2. The lowest BCUT2D eigenvalue weighted by atomic mass is 10.2. The lowest BCUT2D eigenvalue weighted by Crippen LogP contribution is -2.37. The summed E-state index contributed by atoms with van der Waals surface area (Å²) in [6.07, 6.45) is -0.0560. The van der Waals surface area contributed by atoms with Gasteiger partial charge in [0.05, 0.1) is 0 Å². The Kier molecular flexibility index (Phi) is 4.91. The molecule has 2 aromatic carbocycles. The lowest BCUT2D eigenvalue weighted by molar-refractivity contribution is 0.215. The number of ether oxygens (including phenoxy) is 1. The third kappa shape index (κ3) is 3.45. The number of rotatable bonds is 5. The molecule has 2 rings (SSSR count). The van der Waals surface area contributed by atoms with Crippen LogP contribution >= 0.6 is 11.6 Å². The Morgan fingerprint density at radius 3 is 2.50 bits per heavy atom. The van der Waals surface area contributed by atoms with Crippen LogP contribution in [0.4, 0.5) is 5.69 Å². The summed E-state index contributed by atoms with van der Waals surface area (Å²) in [7, 11) is 0. The average Bonchev–Trinajstić information content (AvgIpc) is 2.45. The van der Waals surface area contributed by atoms with Crippen LogP contribution in [0.25, 0.3) is 0 Å². The van der Waals surface area contributed by atoms with Crippen molar-refractivity contribution in [1.29, 1.82) is 0 Å². The van der Waals surface area contributed by atoms with E-state index < -0.39 is 0 Å². The highest BCUT2D eigenvalue weighted by atomic mass is 35.5. The van der Waals surface area contributed by atoms with E-state index in [1.807, 2.05) is 43.3 Å². The molecule has 0 amide bonds. The Labute approximate surface area is 125 Å². The Bertz CT molecular complexity index is 556. The van der Waals surface area contributed by atoms with E-state index in [0.29, 0.717) is 5.02 Å². The molecule has 3 heteroatoms. The third-order valence-corrected chi connectivity index (χ3v) is 3.55. The third-order valence-electron chi connectivity index (χ3n) is 3.32. The van der Waals surface area contributed by atoms with Gasteiger partial charge in [0.1, 0.15) is 5.75 Å². The second-order valence-electron chi connectivity index (χ2n) is 4.75. The van der Waals surface area contributed by atoms with Crippen LogP contribution in [-0.4, -0.2) is 12.8 Å². The maximum absolute atomic E-state index is 6.07. The molecule has 0 spiro atoms. The number of hydrogen-bond donors (Lipinski definition) is 0. The van der Waals surface area contributed by atoms with Gasteiger partial charge >= 0.3 is 0 Å². The maximum Gasteiger partial charge on any atom is 0.169 e. The van der Waals surface area contributed by atoms with Crippen LogP contribution in [0.5, 0.6) is 5.75 Å². The first-order valence-corrected chi connectivity index (χ1v) is 7.24. The van der Waals surface area contributed by atoms with Crippen molar-refractivity contribution in [2.24, 2.45) is 0 Å². The molecular formula is C17H20ClNO. The minimum absolute atomic E-state index is 0.0560. The van der Waals surface area contributed by atoms with Crippen LogP contribution in [0.2, 0.25) is 5.02 Å². The molecule has 106 valence electrons. The highest BCUT2D eigenvalue weighted by molar-refractivity contribution is 6.30. The topological polar surface area (TPSA) is 12.5 Å². The quantitative estimate of drug-likeness (QED) is 0.726. The van der Waals surface area contributed by atoms with E-state index in [-0.39, 0.29) is 6.23 Å². The van der Waals surface area contributed by atoms with Gasteiger partial charge in [-0.2, -0.15) is 0 Å². The summed E-state index contributed by atoms with van der Waals surface area (Å²) in [6, 6.07) is 16.0. The van der Waals surface area contributed by atoms with Gasteiger partial charge in [-0.3, -0.25) is 0 Å². The predicted molar refractivity (Wildman–Crippen MR) is 85.7 cm³/mol. The molecule has 2 aromatic rings. The standard InChI is InChI=1S/C17H20ClNO/c1-4-19(16-8-6-5-7-9-16)14(3)20-17-12-15(18)11-10-13(17)2/h5-12,14H,4H2,1-3H3. The maximum atomic E-state index is 6.07. The summed E-state index contributed by atoms with van der Waals surface area (Å²) < 4.78 is 6.07. The molecule has 1 unspecified atom stereocenters. The number of halogens is 1. The minimum Gasteiger partial charge on any atom is -0.471 e. The van der Waals surface area contributed by atoms with Crippen molar-refractivity contribution < 1.29 is 4.74 Å². The van der Waals surface area contributed by atoms with E-state index in [1.165, 1.54) is 0 Å². The predicted octanol–water partition coefficient (Wildman–Crippen LogP) is 4.90. The second kappa shape index (κ2) is 6.67. The van der Waals surface area contributed by atoms with Crippen molar-refractivity contribution in [3.63, 3.8) is 0 Å². The Hall–Kier alpha value is -1.67. The van der Waals surface area contributed by atoms with Gasteiger partial charge in [-0.1, -0.05) is 35.9 Å². The molecule has 0 saturated carbocycles. The van der Waals surface area contributed by atoms with Crippen molar-refractivity contribution in [3.05, 3.63) is 59.1 Å². The monoisotopic (exact) mass is 289 g/mol. The number of aryl methyl sites for hydroxylation is 1. The molecule has 0 saturated heterocycles. The fourth-order valence-electron chi connectivity index (χ4n) is 2.22. The average molecular weight is 290 g/mol. The number of anilines is 1. The molecule has 0 bridgehead atoms. The Morgan fingerprint density at radius 2 is 1.85 bits per heavy atom. The van der Waals surface area contributed by atoms with E-state index in [0.717, 1.165) is 23.5 Å². The SMILES string of the molecule is CCN(c1ccccc1)C(C)Oc1cc(Cl)ccc1C. The largest absolute Gasteiger partial charge is 0.471 e. The van der Waals surface area contributed by atoms with Crippen LogP contribution in [-0.2, 0) is 0 Å². The molecule has 0 aromatic heterocycles. The summed E-state index contributed by atoms with van der Waals surface area (Å²) >= 11 is 6.04. The number of nitrogens with zero attached hydrogens (tertiary/aromatic N) is 1. The minimum atomic E-state index is -0.0560. The molecule has 0 heterocycles. The first-order chi connectivity index (χ1) is 9.61. The van der Waals surface area contributed by atoms with Gasteiger partial charge in [-0.15, -0.1) is 0 Å². The van der Waals surface area contributed by atoms with Crippen molar-refractivity contribution in [2.45, 2.75) is 27.0 Å². The first kappa shape index (κ1) is 14.7. The van der Waals surface area contributed by atoms with Gasteiger partial charge in [0.25, 0.3) is 0 Å². The molecule has 0 aliphatic rings. The molecule has 1 atom stereocenters. The Balaban J connectivity index is 2.17.